The Hall–Kier alpha value is -2.31. The van der Waals surface area contributed by atoms with E-state index in [0.29, 0.717) is 25.5 Å². The molecule has 1 saturated heterocycles. The Morgan fingerprint density at radius 1 is 1.32 bits per heavy atom. The van der Waals surface area contributed by atoms with Gasteiger partial charge in [-0.05, 0) is 19.1 Å². The highest BCUT2D eigenvalue weighted by Gasteiger charge is 2.27. The number of aromatic nitrogens is 1. The number of amides is 1. The number of piperazine rings is 1. The molecule has 0 radical (unpaired) electrons. The van der Waals surface area contributed by atoms with Crippen molar-refractivity contribution in [2.75, 3.05) is 24.5 Å². The van der Waals surface area contributed by atoms with Gasteiger partial charge in [-0.2, -0.15) is 0 Å². The molecule has 1 unspecified atom stereocenters. The van der Waals surface area contributed by atoms with Crippen molar-refractivity contribution in [3.05, 3.63) is 23.9 Å². The second kappa shape index (κ2) is 5.13. The maximum atomic E-state index is 11.0. The summed E-state index contributed by atoms with van der Waals surface area (Å²) in [5.41, 5.74) is 0.140. The van der Waals surface area contributed by atoms with Gasteiger partial charge in [-0.15, -0.1) is 0 Å². The highest BCUT2D eigenvalue weighted by molar-refractivity contribution is 5.87. The number of carboxylic acid groups (broad SMARTS) is 2. The van der Waals surface area contributed by atoms with Crippen molar-refractivity contribution in [2.45, 2.75) is 13.0 Å². The molecule has 19 heavy (non-hydrogen) atoms. The average molecular weight is 265 g/mol. The fourth-order valence-electron chi connectivity index (χ4n) is 2.15. The molecular weight excluding hydrogens is 250 g/mol. The Bertz CT molecular complexity index is 488. The van der Waals surface area contributed by atoms with Gasteiger partial charge in [-0.1, -0.05) is 0 Å². The molecule has 1 aromatic rings. The quantitative estimate of drug-likeness (QED) is 0.827. The fraction of sp³-hybridized carbons (Fsp3) is 0.417. The monoisotopic (exact) mass is 265 g/mol. The van der Waals surface area contributed by atoms with E-state index in [1.165, 1.54) is 17.2 Å². The molecule has 1 fully saturated rings. The maximum absolute atomic E-state index is 11.0. The second-order valence-electron chi connectivity index (χ2n) is 4.48. The molecule has 2 heterocycles. The molecule has 1 aliphatic heterocycles. The van der Waals surface area contributed by atoms with E-state index in [1.54, 1.807) is 6.07 Å². The van der Waals surface area contributed by atoms with Gasteiger partial charge in [-0.25, -0.2) is 14.6 Å². The van der Waals surface area contributed by atoms with Crippen LogP contribution in [0.1, 0.15) is 17.3 Å². The number of carbonyl (C=O) groups is 2. The maximum Gasteiger partial charge on any atom is 0.407 e. The summed E-state index contributed by atoms with van der Waals surface area (Å²) in [4.78, 5) is 29.1. The van der Waals surface area contributed by atoms with E-state index in [2.05, 4.69) is 4.98 Å². The molecule has 7 nitrogen and oxygen atoms in total. The lowest BCUT2D eigenvalue weighted by Gasteiger charge is -2.38. The van der Waals surface area contributed by atoms with Crippen LogP contribution in [0.5, 0.6) is 0 Å². The molecular formula is C12H15N3O4. The number of aromatic carboxylic acids is 1. The lowest BCUT2D eigenvalue weighted by Crippen LogP contribution is -2.53. The third-order valence-electron chi connectivity index (χ3n) is 3.19. The first kappa shape index (κ1) is 13.1. The normalized spacial score (nSPS) is 19.3. The number of hydrogen-bond acceptors (Lipinski definition) is 4. The fourth-order valence-corrected chi connectivity index (χ4v) is 2.15. The zero-order valence-electron chi connectivity index (χ0n) is 10.5. The lowest BCUT2D eigenvalue weighted by atomic mass is 10.2. The Labute approximate surface area is 110 Å². The third-order valence-corrected chi connectivity index (χ3v) is 3.19. The first-order valence-electron chi connectivity index (χ1n) is 5.93. The minimum atomic E-state index is -1.01. The van der Waals surface area contributed by atoms with E-state index in [-0.39, 0.29) is 11.6 Å². The zero-order chi connectivity index (χ0) is 14.0. The van der Waals surface area contributed by atoms with Gasteiger partial charge in [0.25, 0.3) is 0 Å². The van der Waals surface area contributed by atoms with Crippen molar-refractivity contribution in [1.82, 2.24) is 9.88 Å². The van der Waals surface area contributed by atoms with Gasteiger partial charge in [-0.3, -0.25) is 0 Å². The molecule has 0 aliphatic carbocycles. The van der Waals surface area contributed by atoms with Crippen LogP contribution in [0.3, 0.4) is 0 Å². The Morgan fingerprint density at radius 3 is 2.53 bits per heavy atom. The Balaban J connectivity index is 2.08. The first-order valence-corrected chi connectivity index (χ1v) is 5.93. The third kappa shape index (κ3) is 2.75. The summed E-state index contributed by atoms with van der Waals surface area (Å²) in [7, 11) is 0. The molecule has 1 aliphatic rings. The van der Waals surface area contributed by atoms with E-state index in [0.717, 1.165) is 0 Å². The molecule has 7 heteroatoms. The first-order chi connectivity index (χ1) is 8.99. The van der Waals surface area contributed by atoms with Gasteiger partial charge in [0, 0.05) is 31.9 Å². The van der Waals surface area contributed by atoms with Crippen molar-refractivity contribution in [3.63, 3.8) is 0 Å². The molecule has 0 saturated carbocycles. The summed E-state index contributed by atoms with van der Waals surface area (Å²) in [6, 6.07) is 3.03. The number of hydrogen-bond donors (Lipinski definition) is 2. The zero-order valence-corrected chi connectivity index (χ0v) is 10.5. The van der Waals surface area contributed by atoms with Gasteiger partial charge < -0.3 is 20.0 Å². The summed E-state index contributed by atoms with van der Waals surface area (Å²) in [6.07, 6.45) is 0.396. The average Bonchev–Trinajstić information content (AvgIpc) is 2.38. The minimum absolute atomic E-state index is 0.118. The van der Waals surface area contributed by atoms with Crippen molar-refractivity contribution in [1.29, 1.82) is 0 Å². The van der Waals surface area contributed by atoms with E-state index in [9.17, 15) is 9.59 Å². The summed E-state index contributed by atoms with van der Waals surface area (Å²) in [6.45, 7) is 3.35. The molecule has 0 spiro atoms. The summed E-state index contributed by atoms with van der Waals surface area (Å²) >= 11 is 0. The summed E-state index contributed by atoms with van der Waals surface area (Å²) < 4.78 is 0. The van der Waals surface area contributed by atoms with Gasteiger partial charge in [0.15, 0.2) is 0 Å². The molecule has 1 amide bonds. The van der Waals surface area contributed by atoms with Crippen molar-refractivity contribution in [3.8, 4) is 0 Å². The second-order valence-corrected chi connectivity index (χ2v) is 4.48. The molecule has 102 valence electrons. The summed E-state index contributed by atoms with van der Waals surface area (Å²) in [5.74, 6) is -0.343. The number of anilines is 1. The van der Waals surface area contributed by atoms with Gasteiger partial charge in [0.05, 0.1) is 5.56 Å². The molecule has 2 rings (SSSR count). The van der Waals surface area contributed by atoms with Gasteiger partial charge in [0.2, 0.25) is 0 Å². The molecule has 1 aromatic heterocycles. The predicted molar refractivity (Wildman–Crippen MR) is 67.6 cm³/mol. The van der Waals surface area contributed by atoms with Crippen LogP contribution in [-0.2, 0) is 0 Å². The molecule has 0 aromatic carbocycles. The Kier molecular flexibility index (Phi) is 3.55. The largest absolute Gasteiger partial charge is 0.478 e. The van der Waals surface area contributed by atoms with Crippen LogP contribution in [0.2, 0.25) is 0 Å². The van der Waals surface area contributed by atoms with Gasteiger partial charge >= 0.3 is 12.1 Å². The van der Waals surface area contributed by atoms with Gasteiger partial charge in [0.1, 0.15) is 5.82 Å². The number of pyridine rings is 1. The van der Waals surface area contributed by atoms with Crippen molar-refractivity contribution in [2.24, 2.45) is 0 Å². The highest BCUT2D eigenvalue weighted by atomic mass is 16.4. The van der Waals surface area contributed by atoms with Crippen LogP contribution in [0.15, 0.2) is 18.3 Å². The van der Waals surface area contributed by atoms with Crippen LogP contribution in [-0.4, -0.2) is 57.8 Å². The predicted octanol–water partition coefficient (Wildman–Crippen LogP) is 0.968. The minimum Gasteiger partial charge on any atom is -0.478 e. The van der Waals surface area contributed by atoms with Crippen molar-refractivity contribution >= 4 is 17.9 Å². The number of nitrogens with zero attached hydrogens (tertiary/aromatic N) is 3. The molecule has 2 N–H and O–H groups in total. The topological polar surface area (TPSA) is 94.0 Å². The highest BCUT2D eigenvalue weighted by Crippen LogP contribution is 2.17. The van der Waals surface area contributed by atoms with Crippen LogP contribution in [0, 0.1) is 0 Å². The van der Waals surface area contributed by atoms with E-state index in [4.69, 9.17) is 10.2 Å². The smallest absolute Gasteiger partial charge is 0.407 e. The van der Waals surface area contributed by atoms with E-state index in [1.807, 2.05) is 11.8 Å². The van der Waals surface area contributed by atoms with E-state index >= 15 is 0 Å². The van der Waals surface area contributed by atoms with Crippen LogP contribution in [0.4, 0.5) is 10.6 Å². The molecule has 1 atom stereocenters. The van der Waals surface area contributed by atoms with Crippen molar-refractivity contribution < 1.29 is 19.8 Å². The SMILES string of the molecule is CC1CN(c2ccc(C(=O)O)cn2)CCN1C(=O)O. The number of rotatable bonds is 2. The summed E-state index contributed by atoms with van der Waals surface area (Å²) in [5, 5.41) is 17.8. The standard InChI is InChI=1S/C12H15N3O4/c1-8-7-14(4-5-15(8)12(18)19)10-3-2-9(6-13-10)11(16)17/h2-3,6,8H,4-5,7H2,1H3,(H,16,17)(H,18,19). The lowest BCUT2D eigenvalue weighted by molar-refractivity contribution is 0.0696. The Morgan fingerprint density at radius 2 is 2.05 bits per heavy atom. The number of carboxylic acids is 1. The molecule has 0 bridgehead atoms. The van der Waals surface area contributed by atoms with E-state index < -0.39 is 12.1 Å². The van der Waals surface area contributed by atoms with Crippen LogP contribution >= 0.6 is 0 Å². The van der Waals surface area contributed by atoms with Crippen LogP contribution < -0.4 is 4.90 Å². The van der Waals surface area contributed by atoms with Crippen LogP contribution in [0.25, 0.3) is 0 Å².